The molecule has 0 saturated carbocycles. The van der Waals surface area contributed by atoms with Crippen molar-refractivity contribution in [3.63, 3.8) is 0 Å². The topological polar surface area (TPSA) is 26.3 Å². The first-order valence-electron chi connectivity index (χ1n) is 8.74. The van der Waals surface area contributed by atoms with E-state index < -0.39 is 0 Å². The Balaban J connectivity index is 1.43. The van der Waals surface area contributed by atoms with E-state index in [-0.39, 0.29) is 5.92 Å². The Morgan fingerprint density at radius 2 is 1.75 bits per heavy atom. The maximum atomic E-state index is 12.9. The largest absolute Gasteiger partial charge is 0.489 e. The lowest BCUT2D eigenvalue weighted by Crippen LogP contribution is -2.24. The Bertz CT molecular complexity index is 701. The second kappa shape index (κ2) is 7.02. The van der Waals surface area contributed by atoms with Crippen molar-refractivity contribution in [1.29, 1.82) is 0 Å². The summed E-state index contributed by atoms with van der Waals surface area (Å²) in [6, 6.07) is 17.8. The highest BCUT2D eigenvalue weighted by Gasteiger charge is 2.37. The normalized spacial score (nSPS) is 25.4. The third-order valence-electron chi connectivity index (χ3n) is 5.03. The van der Waals surface area contributed by atoms with Crippen molar-refractivity contribution in [3.05, 3.63) is 65.7 Å². The number of benzene rings is 2. The van der Waals surface area contributed by atoms with Crippen LogP contribution in [0.2, 0.25) is 0 Å². The van der Waals surface area contributed by atoms with Crippen molar-refractivity contribution >= 4 is 17.5 Å². The molecule has 24 heavy (non-hydrogen) atoms. The maximum absolute atomic E-state index is 12.9. The van der Waals surface area contributed by atoms with Crippen molar-refractivity contribution in [2.75, 3.05) is 0 Å². The summed E-state index contributed by atoms with van der Waals surface area (Å²) < 4.78 is 5.87. The van der Waals surface area contributed by atoms with Crippen LogP contribution < -0.4 is 4.74 Å². The van der Waals surface area contributed by atoms with Crippen molar-refractivity contribution in [2.24, 2.45) is 5.92 Å². The van der Waals surface area contributed by atoms with Crippen LogP contribution in [0.3, 0.4) is 0 Å². The Morgan fingerprint density at radius 1 is 1.00 bits per heavy atom. The van der Waals surface area contributed by atoms with Gasteiger partial charge in [-0.2, -0.15) is 11.8 Å². The summed E-state index contributed by atoms with van der Waals surface area (Å²) in [4.78, 5) is 12.9. The zero-order valence-electron chi connectivity index (χ0n) is 13.7. The molecular formula is C21H22O2S. The van der Waals surface area contributed by atoms with Crippen LogP contribution in [-0.2, 0) is 6.61 Å². The van der Waals surface area contributed by atoms with Crippen molar-refractivity contribution in [3.8, 4) is 5.75 Å². The monoisotopic (exact) mass is 338 g/mol. The smallest absolute Gasteiger partial charge is 0.166 e. The number of carbonyl (C=O) groups is 1. The molecule has 2 bridgehead atoms. The zero-order chi connectivity index (χ0) is 16.4. The summed E-state index contributed by atoms with van der Waals surface area (Å²) in [7, 11) is 0. The molecule has 0 spiro atoms. The van der Waals surface area contributed by atoms with Gasteiger partial charge >= 0.3 is 0 Å². The second-order valence-electron chi connectivity index (χ2n) is 6.79. The molecule has 2 aromatic rings. The minimum Gasteiger partial charge on any atom is -0.489 e. The Morgan fingerprint density at radius 3 is 2.50 bits per heavy atom. The van der Waals surface area contributed by atoms with Crippen LogP contribution in [0.25, 0.3) is 0 Å². The van der Waals surface area contributed by atoms with Crippen LogP contribution in [0.4, 0.5) is 0 Å². The average molecular weight is 338 g/mol. The van der Waals surface area contributed by atoms with Crippen molar-refractivity contribution in [2.45, 2.75) is 42.8 Å². The lowest BCUT2D eigenvalue weighted by atomic mass is 9.90. The highest BCUT2D eigenvalue weighted by molar-refractivity contribution is 8.00. The molecule has 0 amide bonds. The van der Waals surface area contributed by atoms with Crippen molar-refractivity contribution < 1.29 is 9.53 Å². The molecule has 0 radical (unpaired) electrons. The number of hydrogen-bond donors (Lipinski definition) is 0. The van der Waals surface area contributed by atoms with E-state index >= 15 is 0 Å². The Labute approximate surface area is 147 Å². The summed E-state index contributed by atoms with van der Waals surface area (Å²) in [5, 5.41) is 1.41. The van der Waals surface area contributed by atoms with Gasteiger partial charge in [-0.05, 0) is 43.4 Å². The van der Waals surface area contributed by atoms with Crippen LogP contribution in [0.5, 0.6) is 5.75 Å². The van der Waals surface area contributed by atoms with E-state index in [9.17, 15) is 4.79 Å². The first-order valence-corrected chi connectivity index (χ1v) is 9.68. The SMILES string of the molecule is O=C(c1cccc(OCc2ccccc2)c1)C1CC2CCC(C1)S2. The van der Waals surface area contributed by atoms with Gasteiger partial charge in [0.1, 0.15) is 12.4 Å². The zero-order valence-corrected chi connectivity index (χ0v) is 14.5. The maximum Gasteiger partial charge on any atom is 0.166 e. The minimum atomic E-state index is 0.202. The van der Waals surface area contributed by atoms with Gasteiger partial charge in [0.25, 0.3) is 0 Å². The first-order chi connectivity index (χ1) is 11.8. The number of Topliss-reactive ketones (excluding diaryl/α,β-unsaturated/α-hetero) is 1. The molecule has 2 fully saturated rings. The van der Waals surface area contributed by atoms with Gasteiger partial charge in [0.2, 0.25) is 0 Å². The predicted octanol–water partition coefficient (Wildman–Crippen LogP) is 5.12. The molecule has 2 aromatic carbocycles. The van der Waals surface area contributed by atoms with E-state index in [1.165, 1.54) is 12.8 Å². The summed E-state index contributed by atoms with van der Waals surface area (Å²) in [6.45, 7) is 0.530. The number of ether oxygens (including phenoxy) is 1. The van der Waals surface area contributed by atoms with Crippen LogP contribution >= 0.6 is 11.8 Å². The van der Waals surface area contributed by atoms with Crippen LogP contribution in [-0.4, -0.2) is 16.3 Å². The number of fused-ring (bicyclic) bond motifs is 2. The Hall–Kier alpha value is -1.74. The van der Waals surface area contributed by atoms with Crippen LogP contribution in [0, 0.1) is 5.92 Å². The van der Waals surface area contributed by atoms with Gasteiger partial charge in [0, 0.05) is 22.0 Å². The van der Waals surface area contributed by atoms with Gasteiger partial charge in [0.15, 0.2) is 5.78 Å². The lowest BCUT2D eigenvalue weighted by Gasteiger charge is -2.26. The van der Waals surface area contributed by atoms with Gasteiger partial charge in [-0.25, -0.2) is 0 Å². The highest BCUT2D eigenvalue weighted by atomic mass is 32.2. The molecule has 2 heterocycles. The predicted molar refractivity (Wildman–Crippen MR) is 98.7 cm³/mol. The van der Waals surface area contributed by atoms with E-state index in [2.05, 4.69) is 11.8 Å². The molecule has 0 aliphatic carbocycles. The van der Waals surface area contributed by atoms with Gasteiger partial charge in [-0.1, -0.05) is 42.5 Å². The Kier molecular flexibility index (Phi) is 4.61. The average Bonchev–Trinajstić information content (AvgIpc) is 2.98. The van der Waals surface area contributed by atoms with E-state index in [0.717, 1.165) is 29.7 Å². The van der Waals surface area contributed by atoms with Crippen molar-refractivity contribution in [1.82, 2.24) is 0 Å². The highest BCUT2D eigenvalue weighted by Crippen LogP contribution is 2.46. The summed E-state index contributed by atoms with van der Waals surface area (Å²) in [6.07, 6.45) is 4.68. The van der Waals surface area contributed by atoms with Gasteiger partial charge < -0.3 is 4.74 Å². The third kappa shape index (κ3) is 3.51. The van der Waals surface area contributed by atoms with Crippen LogP contribution in [0.1, 0.15) is 41.6 Å². The number of ketones is 1. The first kappa shape index (κ1) is 15.8. The van der Waals surface area contributed by atoms with E-state index in [1.807, 2.05) is 54.6 Å². The third-order valence-corrected chi connectivity index (χ3v) is 6.65. The fourth-order valence-corrected chi connectivity index (χ4v) is 5.56. The van der Waals surface area contributed by atoms with E-state index in [0.29, 0.717) is 22.9 Å². The van der Waals surface area contributed by atoms with Gasteiger partial charge in [-0.15, -0.1) is 0 Å². The molecule has 2 nitrogen and oxygen atoms in total. The standard InChI is InChI=1S/C21H22O2S/c22-21(17-12-19-9-10-20(13-17)24-19)16-7-4-8-18(11-16)23-14-15-5-2-1-3-6-15/h1-8,11,17,19-20H,9-10,12-14H2. The summed E-state index contributed by atoms with van der Waals surface area (Å²) in [5.41, 5.74) is 1.94. The molecule has 0 aromatic heterocycles. The summed E-state index contributed by atoms with van der Waals surface area (Å²) >= 11 is 2.10. The molecule has 2 aliphatic heterocycles. The minimum absolute atomic E-state index is 0.202. The van der Waals surface area contributed by atoms with Crippen LogP contribution in [0.15, 0.2) is 54.6 Å². The fourth-order valence-electron chi connectivity index (χ4n) is 3.79. The molecule has 2 saturated heterocycles. The molecule has 2 aliphatic rings. The van der Waals surface area contributed by atoms with E-state index in [4.69, 9.17) is 4.74 Å². The van der Waals surface area contributed by atoms with Gasteiger partial charge in [-0.3, -0.25) is 4.79 Å². The molecule has 3 heteroatoms. The lowest BCUT2D eigenvalue weighted by molar-refractivity contribution is 0.0906. The number of rotatable bonds is 5. The van der Waals surface area contributed by atoms with E-state index in [1.54, 1.807) is 0 Å². The molecule has 0 N–H and O–H groups in total. The molecule has 4 rings (SSSR count). The molecule has 2 atom stereocenters. The summed E-state index contributed by atoms with van der Waals surface area (Å²) in [5.74, 6) is 1.28. The quantitative estimate of drug-likeness (QED) is 0.708. The number of carbonyl (C=O) groups excluding carboxylic acids is 1. The number of hydrogen-bond acceptors (Lipinski definition) is 3. The molecular weight excluding hydrogens is 316 g/mol. The fraction of sp³-hybridized carbons (Fsp3) is 0.381. The molecule has 124 valence electrons. The second-order valence-corrected chi connectivity index (χ2v) is 8.40. The number of thioether (sulfide) groups is 1. The van der Waals surface area contributed by atoms with Gasteiger partial charge in [0.05, 0.1) is 0 Å². The molecule has 2 unspecified atom stereocenters.